The van der Waals surface area contributed by atoms with E-state index in [1.54, 1.807) is 32.9 Å². The lowest BCUT2D eigenvalue weighted by Gasteiger charge is -2.28. The molecule has 1 heterocycles. The molecule has 2 N–H and O–H groups in total. The molecule has 0 fully saturated rings. The first-order valence-electron chi connectivity index (χ1n) is 7.64. The van der Waals surface area contributed by atoms with E-state index < -0.39 is 28.8 Å². The van der Waals surface area contributed by atoms with Crippen LogP contribution in [0.5, 0.6) is 0 Å². The molecule has 0 aliphatic heterocycles. The van der Waals surface area contributed by atoms with Gasteiger partial charge in [0.05, 0.1) is 22.6 Å². The SMILES string of the molecule is CC(C)(C)OC(=O)NC1C=C(c2ccncc2[N+](=O)[O-])CCC1O. The molecule has 0 bridgehead atoms. The quantitative estimate of drug-likeness (QED) is 0.647. The number of nitrogens with zero attached hydrogens (tertiary/aromatic N) is 2. The summed E-state index contributed by atoms with van der Waals surface area (Å²) in [5.74, 6) is 0. The van der Waals surface area contributed by atoms with E-state index in [1.165, 1.54) is 12.4 Å². The maximum atomic E-state index is 11.9. The Morgan fingerprint density at radius 1 is 1.50 bits per heavy atom. The minimum absolute atomic E-state index is 0.101. The molecule has 8 nitrogen and oxygen atoms in total. The highest BCUT2D eigenvalue weighted by molar-refractivity contribution is 5.75. The van der Waals surface area contributed by atoms with Gasteiger partial charge in [-0.15, -0.1) is 0 Å². The fourth-order valence-corrected chi connectivity index (χ4v) is 2.50. The summed E-state index contributed by atoms with van der Waals surface area (Å²) in [7, 11) is 0. The summed E-state index contributed by atoms with van der Waals surface area (Å²) < 4.78 is 5.18. The van der Waals surface area contributed by atoms with Gasteiger partial charge in [-0.1, -0.05) is 6.08 Å². The van der Waals surface area contributed by atoms with Crippen LogP contribution >= 0.6 is 0 Å². The average molecular weight is 335 g/mol. The van der Waals surface area contributed by atoms with Crippen molar-refractivity contribution < 1.29 is 19.6 Å². The zero-order chi connectivity index (χ0) is 17.9. The van der Waals surface area contributed by atoms with Crippen molar-refractivity contribution >= 4 is 17.4 Å². The van der Waals surface area contributed by atoms with E-state index in [1.807, 2.05) is 0 Å². The van der Waals surface area contributed by atoms with Crippen molar-refractivity contribution in [1.29, 1.82) is 0 Å². The predicted molar refractivity (Wildman–Crippen MR) is 87.3 cm³/mol. The number of carbonyl (C=O) groups excluding carboxylic acids is 1. The maximum Gasteiger partial charge on any atom is 0.408 e. The van der Waals surface area contributed by atoms with Gasteiger partial charge in [0.1, 0.15) is 11.8 Å². The number of pyridine rings is 1. The molecule has 130 valence electrons. The van der Waals surface area contributed by atoms with Crippen LogP contribution in [-0.2, 0) is 4.74 Å². The number of hydrogen-bond acceptors (Lipinski definition) is 6. The number of aliphatic hydroxyl groups excluding tert-OH is 1. The molecular formula is C16H21N3O5. The van der Waals surface area contributed by atoms with Gasteiger partial charge in [-0.25, -0.2) is 4.79 Å². The molecule has 0 saturated heterocycles. The molecule has 2 atom stereocenters. The fraction of sp³-hybridized carbons (Fsp3) is 0.500. The average Bonchev–Trinajstić information content (AvgIpc) is 2.47. The highest BCUT2D eigenvalue weighted by atomic mass is 16.6. The van der Waals surface area contributed by atoms with Crippen molar-refractivity contribution in [3.8, 4) is 0 Å². The summed E-state index contributed by atoms with van der Waals surface area (Å²) in [4.78, 5) is 26.3. The number of rotatable bonds is 3. The van der Waals surface area contributed by atoms with E-state index in [0.29, 0.717) is 24.0 Å². The highest BCUT2D eigenvalue weighted by Gasteiger charge is 2.29. The van der Waals surface area contributed by atoms with E-state index in [0.717, 1.165) is 0 Å². The second-order valence-corrected chi connectivity index (χ2v) is 6.62. The number of nitrogens with one attached hydrogen (secondary N) is 1. The van der Waals surface area contributed by atoms with Crippen molar-refractivity contribution in [3.63, 3.8) is 0 Å². The van der Waals surface area contributed by atoms with Crippen molar-refractivity contribution in [3.05, 3.63) is 40.2 Å². The summed E-state index contributed by atoms with van der Waals surface area (Å²) >= 11 is 0. The third kappa shape index (κ3) is 4.51. The van der Waals surface area contributed by atoms with Crippen molar-refractivity contribution in [2.24, 2.45) is 0 Å². The standard InChI is InChI=1S/C16H21N3O5/c1-16(2,3)24-15(21)18-12-8-10(4-5-14(12)20)11-6-7-17-9-13(11)19(22)23/h6-9,12,14,20H,4-5H2,1-3H3,(H,18,21). The Labute approximate surface area is 139 Å². The zero-order valence-electron chi connectivity index (χ0n) is 13.9. The minimum atomic E-state index is -0.776. The summed E-state index contributed by atoms with van der Waals surface area (Å²) in [5.41, 5.74) is 0.379. The number of alkyl carbamates (subject to hydrolysis) is 1. The van der Waals surface area contributed by atoms with E-state index in [2.05, 4.69) is 10.3 Å². The normalized spacial score (nSPS) is 20.9. The first kappa shape index (κ1) is 17.9. The second kappa shape index (κ2) is 6.96. The second-order valence-electron chi connectivity index (χ2n) is 6.62. The molecule has 24 heavy (non-hydrogen) atoms. The number of allylic oxidation sites excluding steroid dienone is 1. The molecule has 0 radical (unpaired) electrons. The Morgan fingerprint density at radius 2 is 2.21 bits per heavy atom. The molecule has 0 spiro atoms. The van der Waals surface area contributed by atoms with Crippen LogP contribution in [0.15, 0.2) is 24.5 Å². The van der Waals surface area contributed by atoms with Crippen LogP contribution < -0.4 is 5.32 Å². The number of hydrogen-bond donors (Lipinski definition) is 2. The van der Waals surface area contributed by atoms with E-state index >= 15 is 0 Å². The molecule has 1 aliphatic carbocycles. The Balaban J connectivity index is 2.24. The van der Waals surface area contributed by atoms with Crippen LogP contribution in [0.4, 0.5) is 10.5 Å². The highest BCUT2D eigenvalue weighted by Crippen LogP contribution is 2.32. The lowest BCUT2D eigenvalue weighted by Crippen LogP contribution is -2.45. The number of aliphatic hydroxyl groups is 1. The topological polar surface area (TPSA) is 115 Å². The smallest absolute Gasteiger partial charge is 0.408 e. The van der Waals surface area contributed by atoms with Crippen LogP contribution in [0, 0.1) is 10.1 Å². The molecule has 8 heteroatoms. The van der Waals surface area contributed by atoms with E-state index in [9.17, 15) is 20.0 Å². The summed E-state index contributed by atoms with van der Waals surface area (Å²) in [6.45, 7) is 5.22. The number of ether oxygens (including phenoxy) is 1. The monoisotopic (exact) mass is 335 g/mol. The fourth-order valence-electron chi connectivity index (χ4n) is 2.50. The van der Waals surface area contributed by atoms with Gasteiger partial charge in [0.2, 0.25) is 0 Å². The number of amides is 1. The van der Waals surface area contributed by atoms with Crippen molar-refractivity contribution in [2.75, 3.05) is 0 Å². The van der Waals surface area contributed by atoms with Gasteiger partial charge < -0.3 is 15.2 Å². The van der Waals surface area contributed by atoms with Gasteiger partial charge in [0.25, 0.3) is 5.69 Å². The predicted octanol–water partition coefficient (Wildman–Crippen LogP) is 2.42. The maximum absolute atomic E-state index is 11.9. The third-order valence-corrected chi connectivity index (χ3v) is 3.53. The Hall–Kier alpha value is -2.48. The molecule has 1 aromatic heterocycles. The van der Waals surface area contributed by atoms with Crippen LogP contribution in [-0.4, -0.2) is 38.9 Å². The van der Waals surface area contributed by atoms with Crippen LogP contribution in [0.1, 0.15) is 39.2 Å². The lowest BCUT2D eigenvalue weighted by atomic mass is 9.89. The van der Waals surface area contributed by atoms with Gasteiger partial charge in [-0.3, -0.25) is 15.1 Å². The number of carbonyl (C=O) groups is 1. The number of aromatic nitrogens is 1. The molecule has 1 amide bonds. The summed E-state index contributed by atoms with van der Waals surface area (Å²) in [6.07, 6.45) is 3.74. The van der Waals surface area contributed by atoms with Crippen LogP contribution in [0.25, 0.3) is 5.57 Å². The molecular weight excluding hydrogens is 314 g/mol. The third-order valence-electron chi connectivity index (χ3n) is 3.53. The summed E-state index contributed by atoms with van der Waals surface area (Å²) in [5, 5.41) is 23.8. The van der Waals surface area contributed by atoms with Crippen molar-refractivity contribution in [2.45, 2.75) is 51.4 Å². The molecule has 0 saturated carbocycles. The zero-order valence-corrected chi connectivity index (χ0v) is 13.9. The van der Waals surface area contributed by atoms with E-state index in [-0.39, 0.29) is 5.69 Å². The van der Waals surface area contributed by atoms with Gasteiger partial charge in [0.15, 0.2) is 0 Å². The Morgan fingerprint density at radius 3 is 2.83 bits per heavy atom. The van der Waals surface area contributed by atoms with Gasteiger partial charge in [0, 0.05) is 6.20 Å². The molecule has 1 aliphatic rings. The first-order valence-corrected chi connectivity index (χ1v) is 7.64. The van der Waals surface area contributed by atoms with Crippen LogP contribution in [0.2, 0.25) is 0 Å². The Bertz CT molecular complexity index is 666. The lowest BCUT2D eigenvalue weighted by molar-refractivity contribution is -0.385. The molecule has 2 unspecified atom stereocenters. The summed E-state index contributed by atoms with van der Waals surface area (Å²) in [6, 6.07) is 0.892. The minimum Gasteiger partial charge on any atom is -0.444 e. The largest absolute Gasteiger partial charge is 0.444 e. The first-order chi connectivity index (χ1) is 11.2. The van der Waals surface area contributed by atoms with E-state index in [4.69, 9.17) is 4.74 Å². The molecule has 1 aromatic rings. The van der Waals surface area contributed by atoms with Gasteiger partial charge in [-0.2, -0.15) is 0 Å². The Kier molecular flexibility index (Phi) is 5.18. The molecule has 0 aromatic carbocycles. The van der Waals surface area contributed by atoms with Crippen LogP contribution in [0.3, 0.4) is 0 Å². The van der Waals surface area contributed by atoms with Gasteiger partial charge in [-0.05, 0) is 45.3 Å². The van der Waals surface area contributed by atoms with Crippen molar-refractivity contribution in [1.82, 2.24) is 10.3 Å². The van der Waals surface area contributed by atoms with Gasteiger partial charge >= 0.3 is 6.09 Å². The number of nitro groups is 1. The molecule has 2 rings (SSSR count).